The third-order valence-electron chi connectivity index (χ3n) is 9.49. The molecule has 0 aliphatic heterocycles. The summed E-state index contributed by atoms with van der Waals surface area (Å²) in [5, 5.41) is 0. The molecule has 4 atom stereocenters. The predicted molar refractivity (Wildman–Crippen MR) is 111 cm³/mol. The van der Waals surface area contributed by atoms with Crippen LogP contribution >= 0.6 is 0 Å². The molecule has 4 aliphatic carbocycles. The molecule has 0 heterocycles. The van der Waals surface area contributed by atoms with Crippen molar-refractivity contribution in [1.29, 1.82) is 0 Å². The van der Waals surface area contributed by atoms with Gasteiger partial charge in [0.15, 0.2) is 0 Å². The maximum Gasteiger partial charge on any atom is 0.139 e. The van der Waals surface area contributed by atoms with Gasteiger partial charge in [0.05, 0.1) is 0 Å². The number of Topliss-reactive ketones (excluding diaryl/α,β-unsaturated/α-hetero) is 2. The van der Waals surface area contributed by atoms with Crippen LogP contribution in [0.2, 0.25) is 0 Å². The Balaban J connectivity index is 0.000000241. The van der Waals surface area contributed by atoms with Crippen LogP contribution in [-0.4, -0.2) is 11.6 Å². The van der Waals surface area contributed by atoms with Crippen molar-refractivity contribution in [2.24, 2.45) is 33.5 Å². The number of hydrogen-bond donors (Lipinski definition) is 0. The Kier molecular flexibility index (Phi) is 6.35. The van der Waals surface area contributed by atoms with E-state index in [1.807, 2.05) is 0 Å². The molecule has 2 heteroatoms. The summed E-state index contributed by atoms with van der Waals surface area (Å²) in [6, 6.07) is 0. The lowest BCUT2D eigenvalue weighted by Gasteiger charge is -2.35. The molecule has 0 aromatic carbocycles. The zero-order valence-corrected chi connectivity index (χ0v) is 16.6. The number of carbonyl (C=O) groups is 2. The van der Waals surface area contributed by atoms with Crippen LogP contribution in [-0.2, 0) is 9.59 Å². The van der Waals surface area contributed by atoms with E-state index in [0.717, 1.165) is 38.5 Å². The van der Waals surface area contributed by atoms with Crippen molar-refractivity contribution >= 4 is 11.6 Å². The number of fused-ring (bicyclic) bond motifs is 4. The van der Waals surface area contributed by atoms with Gasteiger partial charge < -0.3 is 0 Å². The lowest BCUT2D eigenvalue weighted by Crippen LogP contribution is -2.34. The quantitative estimate of drug-likeness (QED) is 0.536. The minimum atomic E-state index is 0. The molecule has 0 radical (unpaired) electrons. The second-order valence-electron chi connectivity index (χ2n) is 10.0. The average Bonchev–Trinajstić information content (AvgIpc) is 3.07. The smallest absolute Gasteiger partial charge is 0.139 e. The third kappa shape index (κ3) is 2.57. The summed E-state index contributed by atoms with van der Waals surface area (Å²) in [5.74, 6) is 2.47. The van der Waals surface area contributed by atoms with Crippen LogP contribution in [0.1, 0.15) is 108 Å². The predicted octanol–water partition coefficient (Wildman–Crippen LogP) is 6.86. The van der Waals surface area contributed by atoms with Gasteiger partial charge in [-0.2, -0.15) is 0 Å². The number of rotatable bonds is 2. The Hall–Kier alpha value is -0.660. The first kappa shape index (κ1) is 23.4. The Morgan fingerprint density at radius 3 is 1.15 bits per heavy atom. The van der Waals surface area contributed by atoms with Crippen molar-refractivity contribution in [3.8, 4) is 0 Å². The second kappa shape index (κ2) is 7.06. The number of hydrogen-bond acceptors (Lipinski definition) is 2. The SMILES string of the molecule is C.C.CCC12CCC(CC1=O)C2(C)C.CCC12CCC(CC1=O)C2(C)C. The van der Waals surface area contributed by atoms with E-state index < -0.39 is 0 Å². The van der Waals surface area contributed by atoms with Gasteiger partial charge in [-0.15, -0.1) is 0 Å². The van der Waals surface area contributed by atoms with Crippen molar-refractivity contribution in [2.75, 3.05) is 0 Å². The largest absolute Gasteiger partial charge is 0.299 e. The van der Waals surface area contributed by atoms with E-state index in [9.17, 15) is 9.59 Å². The Bertz CT molecular complexity index is 509. The maximum absolute atomic E-state index is 11.8. The Morgan fingerprint density at radius 1 is 0.731 bits per heavy atom. The monoisotopic (exact) mass is 364 g/mol. The van der Waals surface area contributed by atoms with Crippen LogP contribution < -0.4 is 0 Å². The van der Waals surface area contributed by atoms with Crippen LogP contribution in [0.4, 0.5) is 0 Å². The highest BCUT2D eigenvalue weighted by Gasteiger charge is 2.63. The Morgan fingerprint density at radius 2 is 1.04 bits per heavy atom. The molecule has 0 saturated heterocycles. The van der Waals surface area contributed by atoms with Gasteiger partial charge in [-0.25, -0.2) is 0 Å². The van der Waals surface area contributed by atoms with Gasteiger partial charge in [0.25, 0.3) is 0 Å². The maximum atomic E-state index is 11.8. The highest BCUT2D eigenvalue weighted by Crippen LogP contribution is 2.66. The zero-order valence-electron chi connectivity index (χ0n) is 16.6. The van der Waals surface area contributed by atoms with Crippen molar-refractivity contribution in [3.05, 3.63) is 0 Å². The summed E-state index contributed by atoms with van der Waals surface area (Å²) in [7, 11) is 0. The zero-order chi connectivity index (χ0) is 18.0. The molecule has 26 heavy (non-hydrogen) atoms. The Labute approximate surface area is 162 Å². The summed E-state index contributed by atoms with van der Waals surface area (Å²) in [6.45, 7) is 13.5. The fourth-order valence-electron chi connectivity index (χ4n) is 7.20. The molecule has 4 rings (SSSR count). The molecule has 0 N–H and O–H groups in total. The molecule has 4 saturated carbocycles. The fraction of sp³-hybridized carbons (Fsp3) is 0.917. The summed E-state index contributed by atoms with van der Waals surface area (Å²) < 4.78 is 0. The van der Waals surface area contributed by atoms with Gasteiger partial charge in [0, 0.05) is 23.7 Å². The molecule has 0 aromatic heterocycles. The molecule has 4 bridgehead atoms. The number of carbonyl (C=O) groups excluding carboxylic acids is 2. The van der Waals surface area contributed by atoms with Crippen LogP contribution in [0.3, 0.4) is 0 Å². The fourth-order valence-corrected chi connectivity index (χ4v) is 7.20. The normalized spacial score (nSPS) is 40.5. The molecule has 4 fully saturated rings. The van der Waals surface area contributed by atoms with Crippen LogP contribution in [0.5, 0.6) is 0 Å². The number of ketones is 2. The topological polar surface area (TPSA) is 34.1 Å². The minimum absolute atomic E-state index is 0. The first-order valence-corrected chi connectivity index (χ1v) is 10.2. The molecule has 0 spiro atoms. The first-order valence-electron chi connectivity index (χ1n) is 10.2. The van der Waals surface area contributed by atoms with E-state index in [1.54, 1.807) is 0 Å². The van der Waals surface area contributed by atoms with Crippen molar-refractivity contribution in [1.82, 2.24) is 0 Å². The van der Waals surface area contributed by atoms with Gasteiger partial charge in [0.2, 0.25) is 0 Å². The molecular weight excluding hydrogens is 320 g/mol. The average molecular weight is 365 g/mol. The van der Waals surface area contributed by atoms with E-state index in [0.29, 0.717) is 34.2 Å². The van der Waals surface area contributed by atoms with Crippen LogP contribution in [0.25, 0.3) is 0 Å². The lowest BCUT2D eigenvalue weighted by atomic mass is 9.67. The molecule has 4 unspecified atom stereocenters. The molecule has 2 nitrogen and oxygen atoms in total. The molecule has 152 valence electrons. The summed E-state index contributed by atoms with van der Waals surface area (Å²) in [5.41, 5.74) is 0.715. The standard InChI is InChI=1S/2C11H18O.2CH4/c2*1-4-11-6-5-8(7-9(11)12)10(11,2)3;;/h2*8H,4-7H2,1-3H3;2*1H4. The third-order valence-corrected chi connectivity index (χ3v) is 9.49. The van der Waals surface area contributed by atoms with E-state index >= 15 is 0 Å². The second-order valence-corrected chi connectivity index (χ2v) is 10.0. The molecule has 0 amide bonds. The van der Waals surface area contributed by atoms with Crippen molar-refractivity contribution in [2.45, 2.75) is 108 Å². The van der Waals surface area contributed by atoms with E-state index in [2.05, 4.69) is 41.5 Å². The lowest BCUT2D eigenvalue weighted by molar-refractivity contribution is -0.130. The highest BCUT2D eigenvalue weighted by molar-refractivity contribution is 5.90. The minimum Gasteiger partial charge on any atom is -0.299 e. The van der Waals surface area contributed by atoms with Crippen molar-refractivity contribution < 1.29 is 9.59 Å². The molecule has 0 aromatic rings. The van der Waals surface area contributed by atoms with E-state index in [-0.39, 0.29) is 25.7 Å². The van der Waals surface area contributed by atoms with Gasteiger partial charge in [-0.3, -0.25) is 9.59 Å². The van der Waals surface area contributed by atoms with Gasteiger partial charge in [-0.1, -0.05) is 56.4 Å². The van der Waals surface area contributed by atoms with E-state index in [4.69, 9.17) is 0 Å². The van der Waals surface area contributed by atoms with E-state index in [1.165, 1.54) is 12.8 Å². The van der Waals surface area contributed by atoms with Crippen LogP contribution in [0, 0.1) is 33.5 Å². The van der Waals surface area contributed by atoms with Gasteiger partial charge >= 0.3 is 0 Å². The highest BCUT2D eigenvalue weighted by atomic mass is 16.1. The van der Waals surface area contributed by atoms with Crippen LogP contribution in [0.15, 0.2) is 0 Å². The van der Waals surface area contributed by atoms with Gasteiger partial charge in [0.1, 0.15) is 11.6 Å². The van der Waals surface area contributed by atoms with Crippen molar-refractivity contribution in [3.63, 3.8) is 0 Å². The summed E-state index contributed by atoms with van der Waals surface area (Å²) >= 11 is 0. The summed E-state index contributed by atoms with van der Waals surface area (Å²) in [4.78, 5) is 23.6. The molecule has 4 aliphatic rings. The summed E-state index contributed by atoms with van der Waals surface area (Å²) in [6.07, 6.45) is 8.70. The van der Waals surface area contributed by atoms with Gasteiger partial charge in [-0.05, 0) is 61.2 Å². The molecular formula is C24H44O2. The first-order chi connectivity index (χ1) is 11.1.